The predicted octanol–water partition coefficient (Wildman–Crippen LogP) is 14.0. The van der Waals surface area contributed by atoms with Crippen molar-refractivity contribution in [2.24, 2.45) is 0 Å². The molecule has 2 heterocycles. The molecule has 0 fully saturated rings. The highest BCUT2D eigenvalue weighted by Crippen LogP contribution is 2.40. The van der Waals surface area contributed by atoms with Crippen LogP contribution in [0.1, 0.15) is 0 Å². The Morgan fingerprint density at radius 2 is 0.727 bits per heavy atom. The van der Waals surface area contributed by atoms with Gasteiger partial charge < -0.3 is 4.42 Å². The van der Waals surface area contributed by atoms with E-state index in [2.05, 4.69) is 170 Å². The molecule has 0 saturated carbocycles. The standard InChI is InChI=1S/C52H34N2O/c1-4-13-35(14-5-1)36-25-29-41(30-26-36)48-34-47(40-17-8-3-9-18-40)53-52(54-48)45-21-12-22-50-51(45)46-33-42(31-32-49(46)55-50)37-23-27-39(28-24-37)44-20-11-10-19-43(44)38-15-6-2-7-16-38/h1-34H. The van der Waals surface area contributed by atoms with Crippen molar-refractivity contribution < 1.29 is 4.42 Å². The molecule has 10 rings (SSSR count). The van der Waals surface area contributed by atoms with Crippen LogP contribution in [-0.4, -0.2) is 9.97 Å². The minimum absolute atomic E-state index is 0.656. The van der Waals surface area contributed by atoms with Gasteiger partial charge in [-0.25, -0.2) is 9.97 Å². The number of nitrogens with zero attached hydrogens (tertiary/aromatic N) is 2. The van der Waals surface area contributed by atoms with E-state index in [1.54, 1.807) is 0 Å². The van der Waals surface area contributed by atoms with Gasteiger partial charge in [0.05, 0.1) is 11.4 Å². The van der Waals surface area contributed by atoms with Gasteiger partial charge in [0.15, 0.2) is 5.82 Å². The Kier molecular flexibility index (Phi) is 8.16. The van der Waals surface area contributed by atoms with Gasteiger partial charge >= 0.3 is 0 Å². The molecule has 55 heavy (non-hydrogen) atoms. The van der Waals surface area contributed by atoms with Crippen LogP contribution in [0.25, 0.3) is 100 Å². The van der Waals surface area contributed by atoms with Crippen LogP contribution in [0.5, 0.6) is 0 Å². The summed E-state index contributed by atoms with van der Waals surface area (Å²) in [5.74, 6) is 0.656. The molecule has 258 valence electrons. The molecule has 0 unspecified atom stereocenters. The Labute approximate surface area is 319 Å². The third-order valence-electron chi connectivity index (χ3n) is 10.4. The SMILES string of the molecule is c1ccc(-c2ccc(-c3cc(-c4ccccc4)nc(-c4cccc5oc6ccc(-c7ccc(-c8ccccc8-c8ccccc8)cc7)cc6c45)n3)cc2)cc1. The van der Waals surface area contributed by atoms with E-state index < -0.39 is 0 Å². The van der Waals surface area contributed by atoms with E-state index in [9.17, 15) is 0 Å². The van der Waals surface area contributed by atoms with Crippen LogP contribution in [0.15, 0.2) is 211 Å². The highest BCUT2D eigenvalue weighted by atomic mass is 16.3. The van der Waals surface area contributed by atoms with Gasteiger partial charge in [-0.15, -0.1) is 0 Å². The Bertz CT molecular complexity index is 2930. The maximum atomic E-state index is 6.47. The minimum atomic E-state index is 0.656. The second-order valence-corrected chi connectivity index (χ2v) is 13.8. The predicted molar refractivity (Wildman–Crippen MR) is 227 cm³/mol. The summed E-state index contributed by atoms with van der Waals surface area (Å²) in [6.07, 6.45) is 0. The number of rotatable bonds is 7. The topological polar surface area (TPSA) is 38.9 Å². The van der Waals surface area contributed by atoms with Gasteiger partial charge in [0.2, 0.25) is 0 Å². The van der Waals surface area contributed by atoms with Crippen molar-refractivity contribution in [3.8, 4) is 78.4 Å². The molecule has 0 amide bonds. The lowest BCUT2D eigenvalue weighted by Crippen LogP contribution is -1.96. The maximum Gasteiger partial charge on any atom is 0.161 e. The quantitative estimate of drug-likeness (QED) is 0.166. The van der Waals surface area contributed by atoms with Crippen molar-refractivity contribution in [3.05, 3.63) is 206 Å². The maximum absolute atomic E-state index is 6.47. The number of benzene rings is 8. The van der Waals surface area contributed by atoms with Crippen LogP contribution < -0.4 is 0 Å². The lowest BCUT2D eigenvalue weighted by molar-refractivity contribution is 0.669. The van der Waals surface area contributed by atoms with Gasteiger partial charge in [-0.1, -0.05) is 182 Å². The second kappa shape index (κ2) is 13.9. The summed E-state index contributed by atoms with van der Waals surface area (Å²) >= 11 is 0. The third-order valence-corrected chi connectivity index (χ3v) is 10.4. The van der Waals surface area contributed by atoms with E-state index in [1.807, 2.05) is 36.4 Å². The Morgan fingerprint density at radius 1 is 0.291 bits per heavy atom. The van der Waals surface area contributed by atoms with Gasteiger partial charge in [-0.3, -0.25) is 0 Å². The summed E-state index contributed by atoms with van der Waals surface area (Å²) in [6, 6.07) is 72.1. The Balaban J connectivity index is 1.07. The fourth-order valence-corrected chi connectivity index (χ4v) is 7.58. The first kappa shape index (κ1) is 32.3. The molecule has 8 aromatic carbocycles. The fourth-order valence-electron chi connectivity index (χ4n) is 7.58. The van der Waals surface area contributed by atoms with Gasteiger partial charge in [0.1, 0.15) is 11.2 Å². The molecule has 0 bridgehead atoms. The molecule has 0 N–H and O–H groups in total. The van der Waals surface area contributed by atoms with Crippen LogP contribution in [0.4, 0.5) is 0 Å². The average Bonchev–Trinajstić information content (AvgIpc) is 3.66. The van der Waals surface area contributed by atoms with Crippen molar-refractivity contribution in [3.63, 3.8) is 0 Å². The monoisotopic (exact) mass is 702 g/mol. The largest absolute Gasteiger partial charge is 0.456 e. The first-order valence-electron chi connectivity index (χ1n) is 18.6. The number of fused-ring (bicyclic) bond motifs is 3. The zero-order valence-corrected chi connectivity index (χ0v) is 29.9. The molecule has 0 aliphatic rings. The van der Waals surface area contributed by atoms with Crippen molar-refractivity contribution >= 4 is 21.9 Å². The number of furan rings is 1. The van der Waals surface area contributed by atoms with Gasteiger partial charge in [-0.05, 0) is 68.8 Å². The van der Waals surface area contributed by atoms with E-state index in [0.717, 1.165) is 61.1 Å². The molecule has 0 spiro atoms. The molecule has 3 heteroatoms. The summed E-state index contributed by atoms with van der Waals surface area (Å²) < 4.78 is 6.47. The van der Waals surface area contributed by atoms with E-state index in [0.29, 0.717) is 5.82 Å². The molecule has 10 aromatic rings. The molecule has 3 nitrogen and oxygen atoms in total. The average molecular weight is 703 g/mol. The fraction of sp³-hybridized carbons (Fsp3) is 0. The highest BCUT2D eigenvalue weighted by molar-refractivity contribution is 6.12. The summed E-state index contributed by atoms with van der Waals surface area (Å²) in [5, 5.41) is 2.03. The molecular formula is C52H34N2O. The van der Waals surface area contributed by atoms with Crippen molar-refractivity contribution in [1.82, 2.24) is 9.97 Å². The molecule has 2 aromatic heterocycles. The van der Waals surface area contributed by atoms with Crippen LogP contribution in [0, 0.1) is 0 Å². The van der Waals surface area contributed by atoms with Gasteiger partial charge in [0.25, 0.3) is 0 Å². The highest BCUT2D eigenvalue weighted by Gasteiger charge is 2.18. The number of aromatic nitrogens is 2. The van der Waals surface area contributed by atoms with Gasteiger partial charge in [0, 0.05) is 27.5 Å². The molecule has 0 radical (unpaired) electrons. The van der Waals surface area contributed by atoms with E-state index in [-0.39, 0.29) is 0 Å². The number of hydrogen-bond donors (Lipinski definition) is 0. The van der Waals surface area contributed by atoms with Crippen LogP contribution in [-0.2, 0) is 0 Å². The normalized spacial score (nSPS) is 11.3. The molecular weight excluding hydrogens is 669 g/mol. The summed E-state index contributed by atoms with van der Waals surface area (Å²) in [6.45, 7) is 0. The van der Waals surface area contributed by atoms with Crippen molar-refractivity contribution in [2.45, 2.75) is 0 Å². The van der Waals surface area contributed by atoms with Crippen molar-refractivity contribution in [2.75, 3.05) is 0 Å². The lowest BCUT2D eigenvalue weighted by Gasteiger charge is -2.11. The lowest BCUT2D eigenvalue weighted by atomic mass is 9.93. The van der Waals surface area contributed by atoms with E-state index in [1.165, 1.54) is 33.4 Å². The first-order valence-corrected chi connectivity index (χ1v) is 18.6. The van der Waals surface area contributed by atoms with Gasteiger partial charge in [-0.2, -0.15) is 0 Å². The van der Waals surface area contributed by atoms with Crippen LogP contribution in [0.2, 0.25) is 0 Å². The third kappa shape index (κ3) is 6.18. The van der Waals surface area contributed by atoms with Crippen molar-refractivity contribution in [1.29, 1.82) is 0 Å². The van der Waals surface area contributed by atoms with E-state index in [4.69, 9.17) is 14.4 Å². The van der Waals surface area contributed by atoms with E-state index >= 15 is 0 Å². The Morgan fingerprint density at radius 3 is 1.36 bits per heavy atom. The molecule has 0 aliphatic carbocycles. The molecule has 0 saturated heterocycles. The zero-order chi connectivity index (χ0) is 36.6. The zero-order valence-electron chi connectivity index (χ0n) is 29.9. The number of hydrogen-bond acceptors (Lipinski definition) is 3. The first-order chi connectivity index (χ1) is 27.2. The summed E-state index contributed by atoms with van der Waals surface area (Å²) in [4.78, 5) is 10.4. The van der Waals surface area contributed by atoms with Crippen LogP contribution >= 0.6 is 0 Å². The summed E-state index contributed by atoms with van der Waals surface area (Å²) in [7, 11) is 0. The second-order valence-electron chi connectivity index (χ2n) is 13.8. The minimum Gasteiger partial charge on any atom is -0.456 e. The van der Waals surface area contributed by atoms with Crippen LogP contribution in [0.3, 0.4) is 0 Å². The smallest absolute Gasteiger partial charge is 0.161 e. The Hall–Kier alpha value is -7.36. The summed E-state index contributed by atoms with van der Waals surface area (Å²) in [5.41, 5.74) is 15.8. The molecule has 0 atom stereocenters. The molecule has 0 aliphatic heterocycles.